The molecule has 2 rings (SSSR count). The van der Waals surface area contributed by atoms with Crippen LogP contribution in [0.1, 0.15) is 37.7 Å². The van der Waals surface area contributed by atoms with Crippen molar-refractivity contribution >= 4 is 23.8 Å². The van der Waals surface area contributed by atoms with E-state index in [4.69, 9.17) is 14.6 Å². The third kappa shape index (κ3) is 6.07. The van der Waals surface area contributed by atoms with Gasteiger partial charge in [0, 0.05) is 18.9 Å². The van der Waals surface area contributed by atoms with E-state index in [0.29, 0.717) is 19.4 Å². The van der Waals surface area contributed by atoms with Crippen molar-refractivity contribution in [2.24, 2.45) is 5.92 Å². The molecule has 0 saturated carbocycles. The van der Waals surface area contributed by atoms with Crippen molar-refractivity contribution in [3.63, 3.8) is 0 Å². The lowest BCUT2D eigenvalue weighted by Crippen LogP contribution is -2.44. The van der Waals surface area contributed by atoms with Crippen LogP contribution in [0.15, 0.2) is 30.3 Å². The number of carbonyl (C=O) groups excluding carboxylic acids is 3. The summed E-state index contributed by atoms with van der Waals surface area (Å²) in [6, 6.07) is 8.42. The first-order valence-electron chi connectivity index (χ1n) is 9.22. The van der Waals surface area contributed by atoms with Crippen molar-refractivity contribution in [2.75, 3.05) is 13.7 Å². The largest absolute Gasteiger partial charge is 0.481 e. The fourth-order valence-corrected chi connectivity index (χ4v) is 3.25. The summed E-state index contributed by atoms with van der Waals surface area (Å²) in [5, 5.41) is 8.96. The molecule has 28 heavy (non-hydrogen) atoms. The summed E-state index contributed by atoms with van der Waals surface area (Å²) in [5.41, 5.74) is 0.814. The predicted molar refractivity (Wildman–Crippen MR) is 98.0 cm³/mol. The lowest BCUT2D eigenvalue weighted by molar-refractivity contribution is -0.155. The highest BCUT2D eigenvalue weighted by Crippen LogP contribution is 2.24. The van der Waals surface area contributed by atoms with Crippen LogP contribution in [0, 0.1) is 5.92 Å². The van der Waals surface area contributed by atoms with Gasteiger partial charge in [0.1, 0.15) is 12.6 Å². The number of rotatable bonds is 9. The van der Waals surface area contributed by atoms with E-state index in [-0.39, 0.29) is 25.9 Å². The first-order chi connectivity index (χ1) is 13.4. The van der Waals surface area contributed by atoms with E-state index >= 15 is 0 Å². The van der Waals surface area contributed by atoms with Crippen molar-refractivity contribution in [2.45, 2.75) is 44.8 Å². The van der Waals surface area contributed by atoms with E-state index in [1.165, 1.54) is 12.0 Å². The highest BCUT2D eigenvalue weighted by molar-refractivity contribution is 5.89. The standard InChI is InChI=1S/C20H25NO7/c1-27-20(26)16-8-5-11-21(16)19(25)15(9-10-17(22)23)12-18(24)28-13-14-6-3-2-4-7-14/h2-4,6-7,15-16H,5,8-13H2,1H3,(H,22,23)/t15-,16-/m0/s1. The molecule has 0 bridgehead atoms. The van der Waals surface area contributed by atoms with Crippen LogP contribution < -0.4 is 0 Å². The molecule has 1 heterocycles. The summed E-state index contributed by atoms with van der Waals surface area (Å²) < 4.78 is 9.97. The third-order valence-corrected chi connectivity index (χ3v) is 4.72. The molecular weight excluding hydrogens is 366 g/mol. The van der Waals surface area contributed by atoms with E-state index in [2.05, 4.69) is 0 Å². The van der Waals surface area contributed by atoms with Gasteiger partial charge in [0.25, 0.3) is 0 Å². The van der Waals surface area contributed by atoms with Gasteiger partial charge >= 0.3 is 17.9 Å². The van der Waals surface area contributed by atoms with Crippen LogP contribution >= 0.6 is 0 Å². The molecule has 1 aromatic rings. The van der Waals surface area contributed by atoms with Crippen LogP contribution in [0.25, 0.3) is 0 Å². The molecule has 1 aliphatic heterocycles. The van der Waals surface area contributed by atoms with Crippen molar-refractivity contribution in [1.82, 2.24) is 4.90 Å². The Kier molecular flexibility index (Phi) is 7.98. The second-order valence-corrected chi connectivity index (χ2v) is 6.69. The molecule has 1 amide bonds. The first-order valence-corrected chi connectivity index (χ1v) is 9.22. The Morgan fingerprint density at radius 1 is 1.21 bits per heavy atom. The van der Waals surface area contributed by atoms with Crippen LogP contribution in [0.5, 0.6) is 0 Å². The number of aliphatic carboxylic acids is 1. The van der Waals surface area contributed by atoms with E-state index in [1.54, 1.807) is 0 Å². The van der Waals surface area contributed by atoms with Gasteiger partial charge in [-0.3, -0.25) is 14.4 Å². The Bertz CT molecular complexity index is 704. The Labute approximate surface area is 163 Å². The number of esters is 2. The van der Waals surface area contributed by atoms with Gasteiger partial charge < -0.3 is 19.5 Å². The quantitative estimate of drug-likeness (QED) is 0.639. The molecule has 1 fully saturated rings. The predicted octanol–water partition coefficient (Wildman–Crippen LogP) is 1.76. The second kappa shape index (κ2) is 10.4. The highest BCUT2D eigenvalue weighted by atomic mass is 16.5. The summed E-state index contributed by atoms with van der Waals surface area (Å²) in [7, 11) is 1.26. The molecular formula is C20H25NO7. The number of hydrogen-bond donors (Lipinski definition) is 1. The number of carboxylic acids is 1. The molecule has 0 spiro atoms. The van der Waals surface area contributed by atoms with Gasteiger partial charge in [-0.2, -0.15) is 0 Å². The van der Waals surface area contributed by atoms with E-state index in [1.807, 2.05) is 30.3 Å². The number of amides is 1. The number of ether oxygens (including phenoxy) is 2. The molecule has 1 N–H and O–H groups in total. The topological polar surface area (TPSA) is 110 Å². The smallest absolute Gasteiger partial charge is 0.328 e. The number of carbonyl (C=O) groups is 4. The maximum absolute atomic E-state index is 12.9. The molecule has 0 unspecified atom stereocenters. The molecule has 0 aromatic heterocycles. The van der Waals surface area contributed by atoms with Crippen molar-refractivity contribution in [3.05, 3.63) is 35.9 Å². The molecule has 1 aromatic carbocycles. The maximum atomic E-state index is 12.9. The minimum Gasteiger partial charge on any atom is -0.481 e. The summed E-state index contributed by atoms with van der Waals surface area (Å²) in [4.78, 5) is 49.4. The van der Waals surface area contributed by atoms with Crippen LogP contribution in [0.3, 0.4) is 0 Å². The summed E-state index contributed by atoms with van der Waals surface area (Å²) in [6.07, 6.45) is 0.652. The summed E-state index contributed by atoms with van der Waals surface area (Å²) in [6.45, 7) is 0.454. The van der Waals surface area contributed by atoms with Gasteiger partial charge in [0.15, 0.2) is 0 Å². The summed E-state index contributed by atoms with van der Waals surface area (Å²) in [5.74, 6) is -3.41. The number of benzene rings is 1. The van der Waals surface area contributed by atoms with E-state index in [9.17, 15) is 19.2 Å². The number of hydrogen-bond acceptors (Lipinski definition) is 6. The fraction of sp³-hybridized carbons (Fsp3) is 0.500. The zero-order chi connectivity index (χ0) is 20.5. The first kappa shape index (κ1) is 21.4. The average Bonchev–Trinajstić information content (AvgIpc) is 3.19. The molecule has 8 heteroatoms. The number of nitrogens with zero attached hydrogens (tertiary/aromatic N) is 1. The Morgan fingerprint density at radius 3 is 2.57 bits per heavy atom. The molecule has 8 nitrogen and oxygen atoms in total. The molecule has 152 valence electrons. The van der Waals surface area contributed by atoms with Crippen LogP contribution in [-0.4, -0.2) is 53.5 Å². The van der Waals surface area contributed by atoms with Crippen LogP contribution in [-0.2, 0) is 35.3 Å². The van der Waals surface area contributed by atoms with Gasteiger partial charge in [-0.25, -0.2) is 4.79 Å². The lowest BCUT2D eigenvalue weighted by atomic mass is 9.97. The van der Waals surface area contributed by atoms with Crippen molar-refractivity contribution in [3.8, 4) is 0 Å². The summed E-state index contributed by atoms with van der Waals surface area (Å²) >= 11 is 0. The molecule has 0 radical (unpaired) electrons. The monoisotopic (exact) mass is 391 g/mol. The van der Waals surface area contributed by atoms with Crippen molar-refractivity contribution in [1.29, 1.82) is 0 Å². The Morgan fingerprint density at radius 2 is 1.93 bits per heavy atom. The normalized spacial score (nSPS) is 17.0. The van der Waals surface area contributed by atoms with Gasteiger partial charge in [0.05, 0.1) is 13.5 Å². The van der Waals surface area contributed by atoms with Crippen molar-refractivity contribution < 1.29 is 33.8 Å². The minimum absolute atomic E-state index is 0.000996. The molecule has 0 aliphatic carbocycles. The zero-order valence-electron chi connectivity index (χ0n) is 15.8. The third-order valence-electron chi connectivity index (χ3n) is 4.72. The number of carboxylic acid groups (broad SMARTS) is 1. The minimum atomic E-state index is -1.05. The second-order valence-electron chi connectivity index (χ2n) is 6.69. The van der Waals surface area contributed by atoms with Gasteiger partial charge in [-0.1, -0.05) is 30.3 Å². The van der Waals surface area contributed by atoms with Crippen LogP contribution in [0.4, 0.5) is 0 Å². The Hall–Kier alpha value is -2.90. The Balaban J connectivity index is 2.01. The van der Waals surface area contributed by atoms with Crippen LogP contribution in [0.2, 0.25) is 0 Å². The van der Waals surface area contributed by atoms with E-state index in [0.717, 1.165) is 5.56 Å². The fourth-order valence-electron chi connectivity index (χ4n) is 3.25. The average molecular weight is 391 g/mol. The van der Waals surface area contributed by atoms with Gasteiger partial charge in [-0.05, 0) is 24.8 Å². The molecule has 1 saturated heterocycles. The number of likely N-dealkylation sites (tertiary alicyclic amines) is 1. The zero-order valence-corrected chi connectivity index (χ0v) is 15.8. The van der Waals surface area contributed by atoms with Gasteiger partial charge in [-0.15, -0.1) is 0 Å². The number of methoxy groups -OCH3 is 1. The molecule has 1 aliphatic rings. The molecule has 2 atom stereocenters. The lowest BCUT2D eigenvalue weighted by Gasteiger charge is -2.27. The van der Waals surface area contributed by atoms with E-state index < -0.39 is 35.8 Å². The maximum Gasteiger partial charge on any atom is 0.328 e. The SMILES string of the molecule is COC(=O)[C@@H]1CCCN1C(=O)[C@@H](CCC(=O)O)CC(=O)OCc1ccccc1. The van der Waals surface area contributed by atoms with Gasteiger partial charge in [0.2, 0.25) is 5.91 Å². The highest BCUT2D eigenvalue weighted by Gasteiger charge is 2.38.